The number of carbonyl (C=O) groups excluding carboxylic acids is 1. The molecule has 1 rings (SSSR count). The van der Waals surface area contributed by atoms with Gasteiger partial charge in [-0.1, -0.05) is 23.2 Å². The average molecular weight is 251 g/mol. The van der Waals surface area contributed by atoms with Crippen LogP contribution in [0.2, 0.25) is 10.0 Å². The summed E-state index contributed by atoms with van der Waals surface area (Å²) in [5, 5.41) is 0.465. The maximum atomic E-state index is 11.3. The van der Waals surface area contributed by atoms with Crippen LogP contribution in [0.25, 0.3) is 0 Å². The van der Waals surface area contributed by atoms with E-state index in [4.69, 9.17) is 27.9 Å². The number of hydrogen-bond donors (Lipinski definition) is 1. The van der Waals surface area contributed by atoms with E-state index in [0.29, 0.717) is 11.3 Å². The smallest absolute Gasteiger partial charge is 0.174 e. The van der Waals surface area contributed by atoms with Gasteiger partial charge in [-0.25, -0.2) is 0 Å². The molecule has 0 aromatic heterocycles. The highest BCUT2D eigenvalue weighted by Gasteiger charge is 2.14. The molecule has 0 heterocycles. The predicted molar refractivity (Wildman–Crippen MR) is 61.2 cm³/mol. The quantitative estimate of drug-likeness (QED) is 0.659. The lowest BCUT2D eigenvalue weighted by atomic mass is 10.1. The number of Topliss-reactive ketones (excluding diaryl/α,β-unsaturated/α-hetero) is 1. The topological polar surface area (TPSA) is 26.3 Å². The van der Waals surface area contributed by atoms with E-state index < -0.39 is 0 Å². The maximum absolute atomic E-state index is 11.3. The Morgan fingerprint density at radius 2 is 2.07 bits per heavy atom. The number of benzene rings is 1. The van der Waals surface area contributed by atoms with Crippen molar-refractivity contribution in [3.63, 3.8) is 0 Å². The molecule has 1 aromatic rings. The molecule has 0 saturated heterocycles. The van der Waals surface area contributed by atoms with Crippen LogP contribution in [0.5, 0.6) is 5.75 Å². The van der Waals surface area contributed by atoms with Crippen LogP contribution in [-0.4, -0.2) is 18.6 Å². The van der Waals surface area contributed by atoms with E-state index in [0.717, 1.165) is 0 Å². The van der Waals surface area contributed by atoms with Crippen molar-refractivity contribution in [1.82, 2.24) is 0 Å². The number of rotatable bonds is 3. The summed E-state index contributed by atoms with van der Waals surface area (Å²) in [6.07, 6.45) is 0. The minimum atomic E-state index is -0.164. The lowest BCUT2D eigenvalue weighted by molar-refractivity contribution is 0.102. The van der Waals surface area contributed by atoms with Gasteiger partial charge in [0, 0.05) is 5.56 Å². The van der Waals surface area contributed by atoms with Crippen LogP contribution in [0.3, 0.4) is 0 Å². The van der Waals surface area contributed by atoms with Gasteiger partial charge in [0.05, 0.1) is 17.9 Å². The molecule has 76 valence electrons. The molecular formula is C9H8Cl2O2S. The van der Waals surface area contributed by atoms with Gasteiger partial charge in [-0.05, 0) is 12.1 Å². The Balaban J connectivity index is 3.24. The zero-order valence-electron chi connectivity index (χ0n) is 7.38. The number of ether oxygens (including phenoxy) is 1. The Morgan fingerprint density at radius 1 is 1.43 bits per heavy atom. The lowest BCUT2D eigenvalue weighted by Gasteiger charge is -2.07. The Kier molecular flexibility index (Phi) is 4.11. The number of hydrogen-bond acceptors (Lipinski definition) is 3. The SMILES string of the molecule is COc1ccc(C(=O)CS)c(Cl)c1Cl. The second kappa shape index (κ2) is 4.91. The van der Waals surface area contributed by atoms with Crippen molar-refractivity contribution < 1.29 is 9.53 Å². The Hall–Kier alpha value is -0.380. The van der Waals surface area contributed by atoms with Gasteiger partial charge in [0.15, 0.2) is 5.78 Å². The maximum Gasteiger partial charge on any atom is 0.174 e. The van der Waals surface area contributed by atoms with E-state index in [-0.39, 0.29) is 21.6 Å². The van der Waals surface area contributed by atoms with Crippen molar-refractivity contribution >= 4 is 41.6 Å². The van der Waals surface area contributed by atoms with Gasteiger partial charge in [-0.15, -0.1) is 0 Å². The summed E-state index contributed by atoms with van der Waals surface area (Å²) in [4.78, 5) is 11.3. The minimum absolute atomic E-state index is 0.0996. The largest absolute Gasteiger partial charge is 0.495 e. The number of ketones is 1. The first-order valence-corrected chi connectivity index (χ1v) is 5.16. The fourth-order valence-electron chi connectivity index (χ4n) is 0.990. The molecule has 0 aliphatic carbocycles. The lowest BCUT2D eigenvalue weighted by Crippen LogP contribution is -2.02. The van der Waals surface area contributed by atoms with E-state index in [1.54, 1.807) is 12.1 Å². The predicted octanol–water partition coefficient (Wildman–Crippen LogP) is 3.11. The fourth-order valence-corrected chi connectivity index (χ4v) is 1.66. The third-order valence-electron chi connectivity index (χ3n) is 1.71. The number of carbonyl (C=O) groups is 1. The summed E-state index contributed by atoms with van der Waals surface area (Å²) in [6.45, 7) is 0. The van der Waals surface area contributed by atoms with E-state index in [9.17, 15) is 4.79 Å². The third-order valence-corrected chi connectivity index (χ3v) is 2.86. The molecule has 0 atom stereocenters. The highest BCUT2D eigenvalue weighted by Crippen LogP contribution is 2.34. The highest BCUT2D eigenvalue weighted by atomic mass is 35.5. The van der Waals surface area contributed by atoms with E-state index in [1.165, 1.54) is 7.11 Å². The van der Waals surface area contributed by atoms with Gasteiger partial charge in [0.1, 0.15) is 10.8 Å². The zero-order chi connectivity index (χ0) is 10.7. The first-order chi connectivity index (χ1) is 6.61. The van der Waals surface area contributed by atoms with Crippen LogP contribution in [-0.2, 0) is 0 Å². The Morgan fingerprint density at radius 3 is 2.57 bits per heavy atom. The Bertz CT molecular complexity index is 366. The van der Waals surface area contributed by atoms with Crippen LogP contribution in [0.4, 0.5) is 0 Å². The van der Waals surface area contributed by atoms with Crippen molar-refractivity contribution in [3.8, 4) is 5.75 Å². The number of methoxy groups -OCH3 is 1. The highest BCUT2D eigenvalue weighted by molar-refractivity contribution is 7.81. The van der Waals surface area contributed by atoms with Crippen LogP contribution < -0.4 is 4.74 Å². The van der Waals surface area contributed by atoms with Crippen molar-refractivity contribution in [2.75, 3.05) is 12.9 Å². The molecule has 0 saturated carbocycles. The van der Waals surface area contributed by atoms with Crippen LogP contribution >= 0.6 is 35.8 Å². The molecule has 0 aliphatic heterocycles. The molecule has 5 heteroatoms. The molecule has 0 radical (unpaired) electrons. The molecule has 1 aromatic carbocycles. The van der Waals surface area contributed by atoms with Crippen molar-refractivity contribution in [2.45, 2.75) is 0 Å². The van der Waals surface area contributed by atoms with Crippen LogP contribution in [0, 0.1) is 0 Å². The van der Waals surface area contributed by atoms with Crippen molar-refractivity contribution in [1.29, 1.82) is 0 Å². The summed E-state index contributed by atoms with van der Waals surface area (Å²) in [5.74, 6) is 0.387. The van der Waals surface area contributed by atoms with Gasteiger partial charge in [0.2, 0.25) is 0 Å². The number of thiol groups is 1. The first kappa shape index (κ1) is 11.7. The molecular weight excluding hydrogens is 243 g/mol. The van der Waals surface area contributed by atoms with E-state index >= 15 is 0 Å². The second-order valence-corrected chi connectivity index (χ2v) is 3.60. The zero-order valence-corrected chi connectivity index (χ0v) is 9.79. The Labute approximate surface area is 97.6 Å². The minimum Gasteiger partial charge on any atom is -0.495 e. The molecule has 0 spiro atoms. The monoisotopic (exact) mass is 250 g/mol. The summed E-state index contributed by atoms with van der Waals surface area (Å²) < 4.78 is 4.95. The summed E-state index contributed by atoms with van der Waals surface area (Å²) in [6, 6.07) is 3.18. The van der Waals surface area contributed by atoms with Crippen LogP contribution in [0.1, 0.15) is 10.4 Å². The molecule has 14 heavy (non-hydrogen) atoms. The van der Waals surface area contributed by atoms with Crippen molar-refractivity contribution in [3.05, 3.63) is 27.7 Å². The fraction of sp³-hybridized carbons (Fsp3) is 0.222. The molecule has 2 nitrogen and oxygen atoms in total. The molecule has 0 fully saturated rings. The normalized spacial score (nSPS) is 10.0. The first-order valence-electron chi connectivity index (χ1n) is 3.77. The van der Waals surface area contributed by atoms with Crippen molar-refractivity contribution in [2.24, 2.45) is 0 Å². The van der Waals surface area contributed by atoms with Gasteiger partial charge >= 0.3 is 0 Å². The summed E-state index contributed by atoms with van der Waals surface area (Å²) >= 11 is 15.6. The van der Waals surface area contributed by atoms with E-state index in [2.05, 4.69) is 12.6 Å². The molecule has 0 aliphatic rings. The molecule has 0 unspecified atom stereocenters. The van der Waals surface area contributed by atoms with Gasteiger partial charge in [-0.2, -0.15) is 12.6 Å². The van der Waals surface area contributed by atoms with Crippen LogP contribution in [0.15, 0.2) is 12.1 Å². The molecule has 0 amide bonds. The van der Waals surface area contributed by atoms with Gasteiger partial charge in [-0.3, -0.25) is 4.79 Å². The average Bonchev–Trinajstić information content (AvgIpc) is 2.21. The second-order valence-electron chi connectivity index (χ2n) is 2.52. The standard InChI is InChI=1S/C9H8Cl2O2S/c1-13-7-3-2-5(6(12)4-14)8(10)9(7)11/h2-3,14H,4H2,1H3. The molecule has 0 N–H and O–H groups in total. The third kappa shape index (κ3) is 2.16. The van der Waals surface area contributed by atoms with E-state index in [1.807, 2.05) is 0 Å². The summed E-state index contributed by atoms with van der Waals surface area (Å²) in [7, 11) is 1.48. The number of halogens is 2. The van der Waals surface area contributed by atoms with Gasteiger partial charge in [0.25, 0.3) is 0 Å². The summed E-state index contributed by atoms with van der Waals surface area (Å²) in [5.41, 5.74) is 0.368. The van der Waals surface area contributed by atoms with Gasteiger partial charge < -0.3 is 4.74 Å². The molecule has 0 bridgehead atoms.